The molecule has 0 saturated carbocycles. The summed E-state index contributed by atoms with van der Waals surface area (Å²) in [5, 5.41) is 12.1. The van der Waals surface area contributed by atoms with Crippen LogP contribution in [-0.4, -0.2) is 0 Å². The van der Waals surface area contributed by atoms with E-state index in [2.05, 4.69) is 29.6 Å². The molecule has 1 aliphatic carbocycles. The average Bonchev–Trinajstić information content (AvgIpc) is 2.88. The van der Waals surface area contributed by atoms with Gasteiger partial charge < -0.3 is 11.1 Å². The van der Waals surface area contributed by atoms with Crippen molar-refractivity contribution in [3.05, 3.63) is 53.1 Å². The quantitative estimate of drug-likeness (QED) is 0.802. The second-order valence-corrected chi connectivity index (χ2v) is 4.88. The number of nitrogens with zero attached hydrogens (tertiary/aromatic N) is 1. The third-order valence-electron chi connectivity index (χ3n) is 3.56. The van der Waals surface area contributed by atoms with Crippen molar-refractivity contribution in [3.63, 3.8) is 0 Å². The van der Waals surface area contributed by atoms with E-state index >= 15 is 0 Å². The molecule has 0 bridgehead atoms. The largest absolute Gasteiger partial charge is 0.397 e. The Bertz CT molecular complexity index is 668. The van der Waals surface area contributed by atoms with Crippen LogP contribution < -0.4 is 11.1 Å². The van der Waals surface area contributed by atoms with Gasteiger partial charge in [0.2, 0.25) is 0 Å². The molecule has 0 heterocycles. The highest BCUT2D eigenvalue weighted by Gasteiger charge is 2.11. The lowest BCUT2D eigenvalue weighted by Crippen LogP contribution is -1.97. The molecular formula is C16H15N3. The van der Waals surface area contributed by atoms with Gasteiger partial charge in [-0.3, -0.25) is 0 Å². The zero-order valence-electron chi connectivity index (χ0n) is 10.6. The number of hydrogen-bond acceptors (Lipinski definition) is 3. The topological polar surface area (TPSA) is 61.8 Å². The van der Waals surface area contributed by atoms with Gasteiger partial charge in [0, 0.05) is 5.69 Å². The van der Waals surface area contributed by atoms with Crippen molar-refractivity contribution in [1.82, 2.24) is 0 Å². The van der Waals surface area contributed by atoms with Crippen molar-refractivity contribution in [2.45, 2.75) is 19.3 Å². The van der Waals surface area contributed by atoms with Gasteiger partial charge in [0.15, 0.2) is 0 Å². The molecule has 0 saturated heterocycles. The normalized spacial score (nSPS) is 12.8. The molecule has 0 aromatic heterocycles. The average molecular weight is 249 g/mol. The molecule has 3 heteroatoms. The van der Waals surface area contributed by atoms with Gasteiger partial charge in [-0.05, 0) is 60.7 Å². The van der Waals surface area contributed by atoms with Crippen LogP contribution in [-0.2, 0) is 12.8 Å². The molecule has 3 rings (SSSR count). The molecule has 3 nitrogen and oxygen atoms in total. The fourth-order valence-corrected chi connectivity index (χ4v) is 2.55. The molecule has 3 N–H and O–H groups in total. The molecule has 19 heavy (non-hydrogen) atoms. The predicted molar refractivity (Wildman–Crippen MR) is 77.3 cm³/mol. The van der Waals surface area contributed by atoms with E-state index in [1.54, 1.807) is 12.1 Å². The summed E-state index contributed by atoms with van der Waals surface area (Å²) in [6.07, 6.45) is 3.60. The van der Waals surface area contributed by atoms with Crippen molar-refractivity contribution in [2.24, 2.45) is 0 Å². The number of nitrogens with one attached hydrogen (secondary N) is 1. The highest BCUT2D eigenvalue weighted by atomic mass is 14.9. The molecule has 2 aromatic carbocycles. The van der Waals surface area contributed by atoms with Gasteiger partial charge in [0.1, 0.15) is 0 Å². The molecule has 0 atom stereocenters. The zero-order valence-corrected chi connectivity index (χ0v) is 10.6. The van der Waals surface area contributed by atoms with E-state index in [9.17, 15) is 0 Å². The van der Waals surface area contributed by atoms with E-state index in [1.807, 2.05) is 6.07 Å². The number of benzene rings is 2. The molecule has 0 aliphatic heterocycles. The summed E-state index contributed by atoms with van der Waals surface area (Å²) in [4.78, 5) is 0. The maximum absolute atomic E-state index is 8.82. The molecule has 0 fully saturated rings. The van der Waals surface area contributed by atoms with Crippen molar-refractivity contribution in [1.29, 1.82) is 5.26 Å². The van der Waals surface area contributed by atoms with Gasteiger partial charge in [-0.1, -0.05) is 6.07 Å². The fraction of sp³-hybridized carbons (Fsp3) is 0.188. The van der Waals surface area contributed by atoms with Gasteiger partial charge >= 0.3 is 0 Å². The molecule has 1 aliphatic rings. The minimum Gasteiger partial charge on any atom is -0.397 e. The first-order valence-corrected chi connectivity index (χ1v) is 6.45. The number of hydrogen-bond donors (Lipinski definition) is 2. The summed E-state index contributed by atoms with van der Waals surface area (Å²) in [6.45, 7) is 0. The minimum absolute atomic E-state index is 0.581. The Morgan fingerprint density at radius 3 is 2.68 bits per heavy atom. The fourth-order valence-electron chi connectivity index (χ4n) is 2.55. The first-order valence-electron chi connectivity index (χ1n) is 6.45. The summed E-state index contributed by atoms with van der Waals surface area (Å²) in [7, 11) is 0. The van der Waals surface area contributed by atoms with E-state index in [4.69, 9.17) is 11.0 Å². The molecular weight excluding hydrogens is 234 g/mol. The highest BCUT2D eigenvalue weighted by Crippen LogP contribution is 2.28. The van der Waals surface area contributed by atoms with E-state index in [-0.39, 0.29) is 0 Å². The molecule has 0 radical (unpaired) electrons. The Morgan fingerprint density at radius 1 is 1.05 bits per heavy atom. The monoisotopic (exact) mass is 249 g/mol. The zero-order chi connectivity index (χ0) is 13.2. The maximum Gasteiger partial charge on any atom is 0.0992 e. The Balaban J connectivity index is 1.87. The van der Waals surface area contributed by atoms with E-state index in [0.717, 1.165) is 17.8 Å². The van der Waals surface area contributed by atoms with Crippen LogP contribution >= 0.6 is 0 Å². The Hall–Kier alpha value is -2.47. The van der Waals surface area contributed by atoms with E-state index in [0.29, 0.717) is 11.3 Å². The van der Waals surface area contributed by atoms with Crippen molar-refractivity contribution < 1.29 is 0 Å². The lowest BCUT2D eigenvalue weighted by molar-refractivity contribution is 0.912. The van der Waals surface area contributed by atoms with Crippen molar-refractivity contribution >= 4 is 17.1 Å². The van der Waals surface area contributed by atoms with Crippen molar-refractivity contribution in [3.8, 4) is 6.07 Å². The number of nitriles is 1. The lowest BCUT2D eigenvalue weighted by atomic mass is 10.1. The van der Waals surface area contributed by atoms with Gasteiger partial charge in [-0.25, -0.2) is 0 Å². The SMILES string of the molecule is N#Cc1ccc(Nc2ccc3c(c2)CCC3)c(N)c1. The second kappa shape index (κ2) is 4.66. The standard InChI is InChI=1S/C16H15N3/c17-10-11-4-7-16(15(18)8-11)19-14-6-5-12-2-1-3-13(12)9-14/h4-9,19H,1-3,18H2. The van der Waals surface area contributed by atoms with Crippen LogP contribution in [0.3, 0.4) is 0 Å². The first-order chi connectivity index (χ1) is 9.26. The van der Waals surface area contributed by atoms with Crippen LogP contribution in [0.5, 0.6) is 0 Å². The summed E-state index contributed by atoms with van der Waals surface area (Å²) in [5.74, 6) is 0. The van der Waals surface area contributed by atoms with E-state index < -0.39 is 0 Å². The van der Waals surface area contributed by atoms with Crippen LogP contribution in [0, 0.1) is 11.3 Å². The Morgan fingerprint density at radius 2 is 1.89 bits per heavy atom. The molecule has 94 valence electrons. The first kappa shape index (κ1) is 11.6. The molecule has 2 aromatic rings. The third-order valence-corrected chi connectivity index (χ3v) is 3.56. The summed E-state index contributed by atoms with van der Waals surface area (Å²) < 4.78 is 0. The van der Waals surface area contributed by atoms with E-state index in [1.165, 1.54) is 24.0 Å². The van der Waals surface area contributed by atoms with Gasteiger partial charge in [-0.15, -0.1) is 0 Å². The summed E-state index contributed by atoms with van der Waals surface area (Å²) in [6, 6.07) is 13.9. The lowest BCUT2D eigenvalue weighted by Gasteiger charge is -2.11. The molecule has 0 amide bonds. The number of nitrogens with two attached hydrogens (primary N) is 1. The van der Waals surface area contributed by atoms with Gasteiger partial charge in [0.05, 0.1) is 23.0 Å². The van der Waals surface area contributed by atoms with Crippen LogP contribution in [0.2, 0.25) is 0 Å². The smallest absolute Gasteiger partial charge is 0.0992 e. The Kier molecular flexibility index (Phi) is 2.85. The van der Waals surface area contributed by atoms with Gasteiger partial charge in [-0.2, -0.15) is 5.26 Å². The van der Waals surface area contributed by atoms with Crippen LogP contribution in [0.15, 0.2) is 36.4 Å². The molecule has 0 unspecified atom stereocenters. The maximum atomic E-state index is 8.82. The molecule has 0 spiro atoms. The number of anilines is 3. The number of nitrogen functional groups attached to an aromatic ring is 1. The van der Waals surface area contributed by atoms with Crippen LogP contribution in [0.25, 0.3) is 0 Å². The van der Waals surface area contributed by atoms with Crippen molar-refractivity contribution in [2.75, 3.05) is 11.1 Å². The number of fused-ring (bicyclic) bond motifs is 1. The van der Waals surface area contributed by atoms with Gasteiger partial charge in [0.25, 0.3) is 0 Å². The Labute approximate surface area is 112 Å². The third kappa shape index (κ3) is 2.25. The number of aryl methyl sites for hydroxylation is 2. The highest BCUT2D eigenvalue weighted by molar-refractivity contribution is 5.74. The van der Waals surface area contributed by atoms with Crippen LogP contribution in [0.4, 0.5) is 17.1 Å². The van der Waals surface area contributed by atoms with Crippen LogP contribution in [0.1, 0.15) is 23.1 Å². The number of rotatable bonds is 2. The summed E-state index contributed by atoms with van der Waals surface area (Å²) in [5.41, 5.74) is 11.9. The second-order valence-electron chi connectivity index (χ2n) is 4.88. The minimum atomic E-state index is 0.581. The summed E-state index contributed by atoms with van der Waals surface area (Å²) >= 11 is 0. The predicted octanol–water partition coefficient (Wildman–Crippen LogP) is 3.37.